The highest BCUT2D eigenvalue weighted by molar-refractivity contribution is 5.83. The molecule has 96 valence electrons. The van der Waals surface area contributed by atoms with Crippen molar-refractivity contribution in [3.8, 4) is 0 Å². The SMILES string of the molecule is CC(C)(C)CCCCCCC(=O)C(C)(C)C. The first-order valence-electron chi connectivity index (χ1n) is 6.66. The van der Waals surface area contributed by atoms with E-state index < -0.39 is 0 Å². The lowest BCUT2D eigenvalue weighted by Gasteiger charge is -2.18. The largest absolute Gasteiger partial charge is 0.299 e. The van der Waals surface area contributed by atoms with E-state index in [0.717, 1.165) is 12.8 Å². The van der Waals surface area contributed by atoms with Gasteiger partial charge in [-0.25, -0.2) is 0 Å². The zero-order valence-corrected chi connectivity index (χ0v) is 12.2. The number of rotatable bonds is 6. The average Bonchev–Trinajstić information content (AvgIpc) is 2.07. The fraction of sp³-hybridized carbons (Fsp3) is 0.933. The van der Waals surface area contributed by atoms with Gasteiger partial charge in [0.25, 0.3) is 0 Å². The maximum Gasteiger partial charge on any atom is 0.138 e. The highest BCUT2D eigenvalue weighted by atomic mass is 16.1. The van der Waals surface area contributed by atoms with Gasteiger partial charge < -0.3 is 0 Å². The molecule has 0 saturated carbocycles. The molecule has 0 aromatic heterocycles. The maximum atomic E-state index is 11.7. The molecule has 0 N–H and O–H groups in total. The first-order valence-corrected chi connectivity index (χ1v) is 6.66. The summed E-state index contributed by atoms with van der Waals surface area (Å²) < 4.78 is 0. The second-order valence-corrected chi connectivity index (χ2v) is 7.15. The molecule has 0 heterocycles. The smallest absolute Gasteiger partial charge is 0.138 e. The Labute approximate surface area is 102 Å². The number of hydrogen-bond acceptors (Lipinski definition) is 1. The van der Waals surface area contributed by atoms with Crippen molar-refractivity contribution in [2.75, 3.05) is 0 Å². The summed E-state index contributed by atoms with van der Waals surface area (Å²) in [4.78, 5) is 11.7. The second kappa shape index (κ2) is 6.42. The van der Waals surface area contributed by atoms with E-state index in [2.05, 4.69) is 20.8 Å². The molecule has 0 aliphatic heterocycles. The summed E-state index contributed by atoms with van der Waals surface area (Å²) in [5.74, 6) is 0.406. The maximum absolute atomic E-state index is 11.7. The van der Waals surface area contributed by atoms with Crippen molar-refractivity contribution in [1.29, 1.82) is 0 Å². The highest BCUT2D eigenvalue weighted by Crippen LogP contribution is 2.23. The van der Waals surface area contributed by atoms with Crippen LogP contribution in [0.4, 0.5) is 0 Å². The minimum absolute atomic E-state index is 0.147. The zero-order chi connectivity index (χ0) is 12.8. The lowest BCUT2D eigenvalue weighted by molar-refractivity contribution is -0.126. The highest BCUT2D eigenvalue weighted by Gasteiger charge is 2.19. The first kappa shape index (κ1) is 15.7. The Bertz CT molecular complexity index is 202. The lowest BCUT2D eigenvalue weighted by Crippen LogP contribution is -2.19. The quantitative estimate of drug-likeness (QED) is 0.583. The van der Waals surface area contributed by atoms with Crippen molar-refractivity contribution in [1.82, 2.24) is 0 Å². The van der Waals surface area contributed by atoms with Crippen LogP contribution in [0.25, 0.3) is 0 Å². The van der Waals surface area contributed by atoms with E-state index in [1.165, 1.54) is 25.7 Å². The number of carbonyl (C=O) groups excluding carboxylic acids is 1. The second-order valence-electron chi connectivity index (χ2n) is 7.15. The number of hydrogen-bond donors (Lipinski definition) is 0. The minimum atomic E-state index is -0.147. The van der Waals surface area contributed by atoms with Crippen molar-refractivity contribution in [3.05, 3.63) is 0 Å². The average molecular weight is 226 g/mol. The van der Waals surface area contributed by atoms with Crippen LogP contribution >= 0.6 is 0 Å². The summed E-state index contributed by atoms with van der Waals surface area (Å²) in [6, 6.07) is 0. The monoisotopic (exact) mass is 226 g/mol. The number of carbonyl (C=O) groups is 1. The van der Waals surface area contributed by atoms with Crippen LogP contribution in [-0.2, 0) is 4.79 Å². The standard InChI is InChI=1S/C15H30O/c1-14(2,3)12-10-8-7-9-11-13(16)15(4,5)6/h7-12H2,1-6H3. The Kier molecular flexibility index (Phi) is 6.28. The van der Waals surface area contributed by atoms with Gasteiger partial charge in [-0.1, -0.05) is 60.8 Å². The van der Waals surface area contributed by atoms with Crippen molar-refractivity contribution < 1.29 is 4.79 Å². The molecule has 1 nitrogen and oxygen atoms in total. The van der Waals surface area contributed by atoms with Crippen molar-refractivity contribution in [2.45, 2.75) is 80.1 Å². The molecule has 0 saturated heterocycles. The molecule has 16 heavy (non-hydrogen) atoms. The molecule has 0 unspecified atom stereocenters. The Morgan fingerprint density at radius 1 is 0.812 bits per heavy atom. The van der Waals surface area contributed by atoms with Crippen molar-refractivity contribution >= 4 is 5.78 Å². The number of ketones is 1. The summed E-state index contributed by atoms with van der Waals surface area (Å²) in [7, 11) is 0. The molecule has 0 fully saturated rings. The van der Waals surface area contributed by atoms with Gasteiger partial charge in [0, 0.05) is 11.8 Å². The van der Waals surface area contributed by atoms with Gasteiger partial charge in [-0.3, -0.25) is 4.79 Å². The van der Waals surface area contributed by atoms with Crippen LogP contribution in [0, 0.1) is 10.8 Å². The number of Topliss-reactive ketones (excluding diaryl/α,β-unsaturated/α-hetero) is 1. The van der Waals surface area contributed by atoms with Gasteiger partial charge in [-0.2, -0.15) is 0 Å². The molecule has 0 radical (unpaired) electrons. The molecule has 0 aromatic rings. The summed E-state index contributed by atoms with van der Waals surface area (Å²) in [6.07, 6.45) is 6.90. The van der Waals surface area contributed by atoms with E-state index >= 15 is 0 Å². The van der Waals surface area contributed by atoms with E-state index in [-0.39, 0.29) is 5.41 Å². The van der Waals surface area contributed by atoms with Gasteiger partial charge in [0.2, 0.25) is 0 Å². The Hall–Kier alpha value is -0.330. The van der Waals surface area contributed by atoms with Gasteiger partial charge in [0.05, 0.1) is 0 Å². The topological polar surface area (TPSA) is 17.1 Å². The van der Waals surface area contributed by atoms with Crippen LogP contribution < -0.4 is 0 Å². The summed E-state index contributed by atoms with van der Waals surface area (Å²) in [5, 5.41) is 0. The Balaban J connectivity index is 3.45. The van der Waals surface area contributed by atoms with E-state index in [4.69, 9.17) is 0 Å². The predicted octanol–water partition coefficient (Wildman–Crippen LogP) is 4.99. The molecule has 0 bridgehead atoms. The third-order valence-corrected chi connectivity index (χ3v) is 2.92. The van der Waals surface area contributed by atoms with E-state index in [0.29, 0.717) is 11.2 Å². The number of unbranched alkanes of at least 4 members (excludes halogenated alkanes) is 3. The van der Waals surface area contributed by atoms with Crippen LogP contribution in [0.15, 0.2) is 0 Å². The first-order chi connectivity index (χ1) is 7.13. The predicted molar refractivity (Wildman–Crippen MR) is 71.6 cm³/mol. The third kappa shape index (κ3) is 8.94. The molecule has 0 amide bonds. The fourth-order valence-corrected chi connectivity index (χ4v) is 1.67. The molecular weight excluding hydrogens is 196 g/mol. The van der Waals surface area contributed by atoms with Crippen LogP contribution in [0.3, 0.4) is 0 Å². The summed E-state index contributed by atoms with van der Waals surface area (Å²) >= 11 is 0. The molecule has 1 heteroatoms. The third-order valence-electron chi connectivity index (χ3n) is 2.92. The van der Waals surface area contributed by atoms with Gasteiger partial charge in [0.1, 0.15) is 5.78 Å². The van der Waals surface area contributed by atoms with Gasteiger partial charge in [0.15, 0.2) is 0 Å². The minimum Gasteiger partial charge on any atom is -0.299 e. The van der Waals surface area contributed by atoms with E-state index in [9.17, 15) is 4.79 Å². The molecule has 0 aliphatic rings. The summed E-state index contributed by atoms with van der Waals surface area (Å²) in [5.41, 5.74) is 0.312. The molecule has 0 spiro atoms. The molecule has 0 atom stereocenters. The van der Waals surface area contributed by atoms with E-state index in [1.54, 1.807) is 0 Å². The molecule has 0 aliphatic carbocycles. The lowest BCUT2D eigenvalue weighted by atomic mass is 9.87. The van der Waals surface area contributed by atoms with E-state index in [1.807, 2.05) is 20.8 Å². The zero-order valence-electron chi connectivity index (χ0n) is 12.2. The summed E-state index contributed by atoms with van der Waals surface area (Å²) in [6.45, 7) is 12.9. The van der Waals surface area contributed by atoms with Gasteiger partial charge >= 0.3 is 0 Å². The van der Waals surface area contributed by atoms with Gasteiger partial charge in [-0.15, -0.1) is 0 Å². The van der Waals surface area contributed by atoms with Crippen LogP contribution in [0.1, 0.15) is 80.1 Å². The Morgan fingerprint density at radius 3 is 1.75 bits per heavy atom. The van der Waals surface area contributed by atoms with Crippen LogP contribution in [0.5, 0.6) is 0 Å². The normalized spacial score (nSPS) is 12.9. The molecular formula is C15H30O. The Morgan fingerprint density at radius 2 is 1.31 bits per heavy atom. The van der Waals surface area contributed by atoms with Crippen LogP contribution in [-0.4, -0.2) is 5.78 Å². The van der Waals surface area contributed by atoms with Crippen molar-refractivity contribution in [2.24, 2.45) is 10.8 Å². The molecule has 0 rings (SSSR count). The molecule has 0 aromatic carbocycles. The van der Waals surface area contributed by atoms with Crippen molar-refractivity contribution in [3.63, 3.8) is 0 Å². The van der Waals surface area contributed by atoms with Crippen LogP contribution in [0.2, 0.25) is 0 Å². The fourth-order valence-electron chi connectivity index (χ4n) is 1.67. The van der Waals surface area contributed by atoms with Gasteiger partial charge in [-0.05, 0) is 18.3 Å².